The molecule has 150 valence electrons. The van der Waals surface area contributed by atoms with Gasteiger partial charge in [0, 0.05) is 44.7 Å². The zero-order valence-corrected chi connectivity index (χ0v) is 16.6. The van der Waals surface area contributed by atoms with Crippen LogP contribution in [-0.2, 0) is 16.1 Å². The van der Waals surface area contributed by atoms with Crippen molar-refractivity contribution in [1.29, 1.82) is 0 Å². The van der Waals surface area contributed by atoms with E-state index in [1.807, 2.05) is 25.3 Å². The van der Waals surface area contributed by atoms with Crippen molar-refractivity contribution in [3.63, 3.8) is 0 Å². The third kappa shape index (κ3) is 6.26. The van der Waals surface area contributed by atoms with E-state index in [0.717, 1.165) is 64.3 Å². The van der Waals surface area contributed by atoms with E-state index < -0.39 is 0 Å². The summed E-state index contributed by atoms with van der Waals surface area (Å²) in [5.41, 5.74) is 1.05. The molecule has 3 rings (SSSR count). The third-order valence-electron chi connectivity index (χ3n) is 5.84. The molecule has 0 aromatic carbocycles. The number of ether oxygens (including phenoxy) is 1. The van der Waals surface area contributed by atoms with E-state index >= 15 is 0 Å². The number of rotatable bonds is 8. The normalized spacial score (nSPS) is 22.6. The Hall–Kier alpha value is -1.50. The first-order valence-corrected chi connectivity index (χ1v) is 10.5. The van der Waals surface area contributed by atoms with E-state index in [4.69, 9.17) is 4.74 Å². The van der Waals surface area contributed by atoms with Gasteiger partial charge in [-0.15, -0.1) is 0 Å². The fraction of sp³-hybridized carbons (Fsp3) is 0.714. The Morgan fingerprint density at radius 1 is 1.30 bits per heavy atom. The number of pyridine rings is 1. The largest absolute Gasteiger partial charge is 0.380 e. The summed E-state index contributed by atoms with van der Waals surface area (Å²) in [6.07, 6.45) is 8.10. The van der Waals surface area contributed by atoms with E-state index in [1.54, 1.807) is 6.20 Å². The smallest absolute Gasteiger partial charge is 0.224 e. The Labute approximate surface area is 163 Å². The third-order valence-corrected chi connectivity index (χ3v) is 5.84. The number of carbonyl (C=O) groups excluding carboxylic acids is 1. The van der Waals surface area contributed by atoms with Crippen molar-refractivity contribution >= 4 is 5.91 Å². The van der Waals surface area contributed by atoms with Crippen LogP contribution in [0.5, 0.6) is 0 Å². The number of piperidine rings is 2. The Kier molecular flexibility index (Phi) is 8.05. The molecular weight excluding hydrogens is 340 g/mol. The summed E-state index contributed by atoms with van der Waals surface area (Å²) >= 11 is 0. The quantitative estimate of drug-likeness (QED) is 0.705. The van der Waals surface area contributed by atoms with Crippen LogP contribution in [0, 0.1) is 5.92 Å². The molecule has 27 heavy (non-hydrogen) atoms. The molecule has 2 aliphatic rings. The Morgan fingerprint density at radius 3 is 2.89 bits per heavy atom. The molecule has 1 unspecified atom stereocenters. The van der Waals surface area contributed by atoms with Gasteiger partial charge in [-0.25, -0.2) is 0 Å². The van der Waals surface area contributed by atoms with E-state index in [9.17, 15) is 4.79 Å². The lowest BCUT2D eigenvalue weighted by Crippen LogP contribution is -2.51. The minimum Gasteiger partial charge on any atom is -0.380 e. The molecule has 2 saturated heterocycles. The van der Waals surface area contributed by atoms with E-state index in [1.165, 1.54) is 12.8 Å². The summed E-state index contributed by atoms with van der Waals surface area (Å²) in [7, 11) is 0. The van der Waals surface area contributed by atoms with Gasteiger partial charge in [0.1, 0.15) is 0 Å². The molecule has 1 amide bonds. The summed E-state index contributed by atoms with van der Waals surface area (Å²) in [4.78, 5) is 21.8. The highest BCUT2D eigenvalue weighted by atomic mass is 16.5. The Balaban J connectivity index is 1.40. The monoisotopic (exact) mass is 374 g/mol. The maximum atomic E-state index is 12.6. The molecule has 2 aliphatic heterocycles. The lowest BCUT2D eigenvalue weighted by atomic mass is 9.93. The number of amides is 1. The second kappa shape index (κ2) is 10.7. The van der Waals surface area contributed by atoms with Crippen LogP contribution >= 0.6 is 0 Å². The molecule has 1 aromatic rings. The fourth-order valence-electron chi connectivity index (χ4n) is 4.23. The highest BCUT2D eigenvalue weighted by Gasteiger charge is 2.31. The first kappa shape index (κ1) is 20.2. The summed E-state index contributed by atoms with van der Waals surface area (Å²) in [5, 5.41) is 3.10. The summed E-state index contributed by atoms with van der Waals surface area (Å²) in [6.45, 7) is 9.63. The van der Waals surface area contributed by atoms with Gasteiger partial charge in [0.15, 0.2) is 0 Å². The van der Waals surface area contributed by atoms with E-state index in [2.05, 4.69) is 20.1 Å². The summed E-state index contributed by atoms with van der Waals surface area (Å²) in [5.74, 6) is 0.309. The van der Waals surface area contributed by atoms with Crippen LogP contribution in [0.4, 0.5) is 0 Å². The van der Waals surface area contributed by atoms with Crippen LogP contribution < -0.4 is 5.32 Å². The van der Waals surface area contributed by atoms with Gasteiger partial charge in [0.2, 0.25) is 5.91 Å². The molecule has 6 nitrogen and oxygen atoms in total. The second-order valence-corrected chi connectivity index (χ2v) is 7.68. The molecule has 1 N–H and O–H groups in total. The Morgan fingerprint density at radius 2 is 2.15 bits per heavy atom. The van der Waals surface area contributed by atoms with Crippen molar-refractivity contribution in [3.8, 4) is 0 Å². The SMILES string of the molecule is CCOCCN1CCC(N2CCCC(C(=O)NCc3cccnc3)C2)CC1. The lowest BCUT2D eigenvalue weighted by molar-refractivity contribution is -0.127. The number of hydrogen-bond acceptors (Lipinski definition) is 5. The van der Waals surface area contributed by atoms with Crippen molar-refractivity contribution in [3.05, 3.63) is 30.1 Å². The predicted molar refractivity (Wildman–Crippen MR) is 106 cm³/mol. The number of hydrogen-bond donors (Lipinski definition) is 1. The zero-order valence-electron chi connectivity index (χ0n) is 16.6. The van der Waals surface area contributed by atoms with Crippen LogP contribution in [0.2, 0.25) is 0 Å². The van der Waals surface area contributed by atoms with Crippen LogP contribution in [0.25, 0.3) is 0 Å². The first-order chi connectivity index (χ1) is 13.3. The number of aromatic nitrogens is 1. The van der Waals surface area contributed by atoms with Crippen LogP contribution in [0.15, 0.2) is 24.5 Å². The van der Waals surface area contributed by atoms with Gasteiger partial charge in [-0.05, 0) is 63.9 Å². The molecule has 3 heterocycles. The molecule has 0 radical (unpaired) electrons. The molecule has 1 aromatic heterocycles. The van der Waals surface area contributed by atoms with Gasteiger partial charge < -0.3 is 15.0 Å². The van der Waals surface area contributed by atoms with Crippen molar-refractivity contribution in [2.45, 2.75) is 45.2 Å². The van der Waals surface area contributed by atoms with Crippen molar-refractivity contribution < 1.29 is 9.53 Å². The number of nitrogens with one attached hydrogen (secondary N) is 1. The van der Waals surface area contributed by atoms with Gasteiger partial charge in [-0.3, -0.25) is 14.7 Å². The number of carbonyl (C=O) groups is 1. The number of nitrogens with zero attached hydrogens (tertiary/aromatic N) is 3. The van der Waals surface area contributed by atoms with Crippen molar-refractivity contribution in [1.82, 2.24) is 20.1 Å². The first-order valence-electron chi connectivity index (χ1n) is 10.5. The summed E-state index contributed by atoms with van der Waals surface area (Å²) < 4.78 is 5.47. The van der Waals surface area contributed by atoms with Crippen molar-refractivity contribution in [2.24, 2.45) is 5.92 Å². The van der Waals surface area contributed by atoms with Crippen LogP contribution in [0.1, 0.15) is 38.2 Å². The van der Waals surface area contributed by atoms with E-state index in [0.29, 0.717) is 12.6 Å². The minimum atomic E-state index is 0.117. The van der Waals surface area contributed by atoms with Gasteiger partial charge in [0.05, 0.1) is 12.5 Å². The standard InChI is InChI=1S/C21H34N4O2/c1-2-27-14-13-24-11-7-20(8-12-24)25-10-4-6-19(17-25)21(26)23-16-18-5-3-9-22-15-18/h3,5,9,15,19-20H,2,4,6-8,10-14,16-17H2,1H3,(H,23,26). The molecule has 0 aliphatic carbocycles. The maximum Gasteiger partial charge on any atom is 0.224 e. The molecular formula is C21H34N4O2. The molecule has 0 spiro atoms. The van der Waals surface area contributed by atoms with Gasteiger partial charge in [0.25, 0.3) is 0 Å². The van der Waals surface area contributed by atoms with Gasteiger partial charge in [-0.1, -0.05) is 6.07 Å². The molecule has 1 atom stereocenters. The van der Waals surface area contributed by atoms with Gasteiger partial charge >= 0.3 is 0 Å². The predicted octanol–water partition coefficient (Wildman–Crippen LogP) is 1.91. The highest BCUT2D eigenvalue weighted by Crippen LogP contribution is 2.24. The van der Waals surface area contributed by atoms with Gasteiger partial charge in [-0.2, -0.15) is 0 Å². The molecule has 2 fully saturated rings. The average Bonchev–Trinajstić information content (AvgIpc) is 2.73. The minimum absolute atomic E-state index is 0.117. The van der Waals surface area contributed by atoms with Crippen LogP contribution in [-0.4, -0.2) is 72.7 Å². The highest BCUT2D eigenvalue weighted by molar-refractivity contribution is 5.78. The van der Waals surface area contributed by atoms with Crippen LogP contribution in [0.3, 0.4) is 0 Å². The molecule has 0 saturated carbocycles. The lowest BCUT2D eigenvalue weighted by Gasteiger charge is -2.42. The molecule has 6 heteroatoms. The molecule has 0 bridgehead atoms. The second-order valence-electron chi connectivity index (χ2n) is 7.68. The average molecular weight is 375 g/mol. The topological polar surface area (TPSA) is 57.7 Å². The number of likely N-dealkylation sites (tertiary alicyclic amines) is 2. The summed E-state index contributed by atoms with van der Waals surface area (Å²) in [6, 6.07) is 4.53. The zero-order chi connectivity index (χ0) is 18.9. The Bertz CT molecular complexity index is 561. The fourth-order valence-corrected chi connectivity index (χ4v) is 4.23. The van der Waals surface area contributed by atoms with E-state index in [-0.39, 0.29) is 11.8 Å². The maximum absolute atomic E-state index is 12.6. The van der Waals surface area contributed by atoms with Crippen molar-refractivity contribution in [2.75, 3.05) is 45.9 Å².